The van der Waals surface area contributed by atoms with Crippen LogP contribution >= 0.6 is 27.6 Å². The Morgan fingerprint density at radius 3 is 2.46 bits per heavy atom. The highest BCUT2D eigenvalue weighted by Crippen LogP contribution is 2.53. The van der Waals surface area contributed by atoms with E-state index >= 15 is 0 Å². The molecule has 2 amide bonds. The van der Waals surface area contributed by atoms with Gasteiger partial charge in [0.2, 0.25) is 19.8 Å². The van der Waals surface area contributed by atoms with Gasteiger partial charge in [0.1, 0.15) is 0 Å². The Morgan fingerprint density at radius 1 is 1.12 bits per heavy atom. The molecule has 0 aliphatic heterocycles. The number of pyridine rings is 1. The molecule has 0 saturated carbocycles. The van der Waals surface area contributed by atoms with E-state index in [4.69, 9.17) is 26.1 Å². The minimum Gasteiger partial charge on any atom is -0.449 e. The van der Waals surface area contributed by atoms with E-state index in [-0.39, 0.29) is 19.1 Å². The van der Waals surface area contributed by atoms with E-state index in [0.717, 1.165) is 37.9 Å². The van der Waals surface area contributed by atoms with Gasteiger partial charge in [-0.15, -0.1) is 0 Å². The molecule has 0 radical (unpaired) electrons. The van der Waals surface area contributed by atoms with Gasteiger partial charge >= 0.3 is 13.7 Å². The van der Waals surface area contributed by atoms with Gasteiger partial charge in [-0.25, -0.2) is 4.79 Å². The average molecular weight is 635 g/mol. The normalized spacial score (nSPS) is 13.4. The Morgan fingerprint density at radius 2 is 1.83 bits per heavy atom. The zero-order valence-corrected chi connectivity index (χ0v) is 26.2. The first-order valence-corrected chi connectivity index (χ1v) is 17.0. The molecule has 1 aromatic carbocycles. The summed E-state index contributed by atoms with van der Waals surface area (Å²) in [7, 11) is -7.94. The van der Waals surface area contributed by atoms with Crippen LogP contribution in [0.5, 0.6) is 0 Å². The Balaban J connectivity index is 1.99. The van der Waals surface area contributed by atoms with Crippen LogP contribution in [0.1, 0.15) is 59.3 Å². The quantitative estimate of drug-likeness (QED) is 0.120. The minimum absolute atomic E-state index is 0.0745. The van der Waals surface area contributed by atoms with Crippen molar-refractivity contribution in [2.24, 2.45) is 0 Å². The van der Waals surface area contributed by atoms with Gasteiger partial charge < -0.3 is 34.5 Å². The van der Waals surface area contributed by atoms with Gasteiger partial charge in [0, 0.05) is 29.1 Å². The van der Waals surface area contributed by atoms with Crippen molar-refractivity contribution in [1.29, 1.82) is 0 Å². The summed E-state index contributed by atoms with van der Waals surface area (Å²) in [5.41, 5.74) is -0.681. The number of carbonyl (C=O) groups is 2. The SMILES string of the molecule is CCN(CC)CCCC(C)N(C(=O)OCCCCCC(=O)NC(P(O)O)P(=O)(O)O)c1ccnc2cc(Cl)ccc12. The van der Waals surface area contributed by atoms with Crippen molar-refractivity contribution in [2.75, 3.05) is 31.1 Å². The molecular formula is C26H41ClN4O8P2. The van der Waals surface area contributed by atoms with Crippen molar-refractivity contribution in [3.8, 4) is 0 Å². The maximum Gasteiger partial charge on any atom is 0.414 e. The predicted molar refractivity (Wildman–Crippen MR) is 161 cm³/mol. The van der Waals surface area contributed by atoms with Crippen LogP contribution in [0.25, 0.3) is 10.9 Å². The van der Waals surface area contributed by atoms with Gasteiger partial charge in [-0.05, 0) is 82.9 Å². The molecule has 1 aromatic heterocycles. The highest BCUT2D eigenvalue weighted by Gasteiger charge is 2.36. The fourth-order valence-corrected chi connectivity index (χ4v) is 6.21. The Labute approximate surface area is 247 Å². The lowest BCUT2D eigenvalue weighted by molar-refractivity contribution is -0.121. The maximum absolute atomic E-state index is 13.4. The van der Waals surface area contributed by atoms with Crippen LogP contribution < -0.4 is 10.2 Å². The highest BCUT2D eigenvalue weighted by molar-refractivity contribution is 7.67. The number of nitrogens with zero attached hydrogens (tertiary/aromatic N) is 3. The van der Waals surface area contributed by atoms with E-state index in [1.165, 1.54) is 0 Å². The van der Waals surface area contributed by atoms with Gasteiger partial charge in [-0.3, -0.25) is 19.2 Å². The Hall–Kier alpha value is -1.88. The molecule has 12 nitrogen and oxygen atoms in total. The van der Waals surface area contributed by atoms with Crippen LogP contribution in [-0.4, -0.2) is 79.3 Å². The Bertz CT molecular complexity index is 1180. The average Bonchev–Trinajstić information content (AvgIpc) is 2.91. The molecule has 0 aliphatic carbocycles. The zero-order chi connectivity index (χ0) is 30.6. The number of carbonyl (C=O) groups excluding carboxylic acids is 2. The number of aromatic nitrogens is 1. The van der Waals surface area contributed by atoms with Crippen LogP contribution in [0.4, 0.5) is 10.5 Å². The van der Waals surface area contributed by atoms with Crippen LogP contribution in [0.3, 0.4) is 0 Å². The van der Waals surface area contributed by atoms with Crippen molar-refractivity contribution < 1.29 is 38.5 Å². The summed E-state index contributed by atoms with van der Waals surface area (Å²) >= 11 is 6.16. The monoisotopic (exact) mass is 634 g/mol. The number of anilines is 1. The van der Waals surface area contributed by atoms with Gasteiger partial charge in [0.05, 0.1) is 17.8 Å². The highest BCUT2D eigenvalue weighted by atomic mass is 35.5. The zero-order valence-electron chi connectivity index (χ0n) is 23.6. The fourth-order valence-electron chi connectivity index (χ4n) is 4.40. The first-order valence-electron chi connectivity index (χ1n) is 13.6. The minimum atomic E-state index is -4.90. The second-order valence-electron chi connectivity index (χ2n) is 9.66. The first-order chi connectivity index (χ1) is 19.4. The van der Waals surface area contributed by atoms with E-state index in [1.54, 1.807) is 29.3 Å². The van der Waals surface area contributed by atoms with Gasteiger partial charge in [-0.2, -0.15) is 0 Å². The van der Waals surface area contributed by atoms with Crippen LogP contribution in [0.15, 0.2) is 30.5 Å². The predicted octanol–water partition coefficient (Wildman–Crippen LogP) is 4.78. The smallest absolute Gasteiger partial charge is 0.414 e. The second-order valence-corrected chi connectivity index (χ2v) is 13.4. The third-order valence-corrected chi connectivity index (χ3v) is 9.76. The standard InChI is InChI=1S/C26H41ClN4O8P2/c1-4-30(5-2)16-9-10-19(3)31(23-14-15-28-22-18-20(27)12-13-21(22)23)26(33)39-17-8-6-7-11-24(32)29-25(40(34)35)41(36,37)38/h12-15,18-19,25,34-35H,4-11,16-17H2,1-3H3,(H,29,32)(H2,36,37,38). The molecule has 0 fully saturated rings. The number of fused-ring (bicyclic) bond motifs is 1. The largest absolute Gasteiger partial charge is 0.449 e. The number of amides is 2. The van der Waals surface area contributed by atoms with Crippen LogP contribution in [-0.2, 0) is 14.1 Å². The lowest BCUT2D eigenvalue weighted by Crippen LogP contribution is -2.40. The fraction of sp³-hybridized carbons (Fsp3) is 0.577. The summed E-state index contributed by atoms with van der Waals surface area (Å²) in [4.78, 5) is 70.4. The number of unbranched alkanes of at least 4 members (excludes halogenated alkanes) is 2. The summed E-state index contributed by atoms with van der Waals surface area (Å²) in [6, 6.07) is 6.96. The Kier molecular flexibility index (Phi) is 14.9. The van der Waals surface area contributed by atoms with Gasteiger partial charge in [-0.1, -0.05) is 25.4 Å². The van der Waals surface area contributed by atoms with Crippen molar-refractivity contribution in [3.63, 3.8) is 0 Å². The van der Waals surface area contributed by atoms with E-state index in [9.17, 15) is 23.9 Å². The molecule has 5 N–H and O–H groups in total. The molecular weight excluding hydrogens is 594 g/mol. The number of hydrogen-bond acceptors (Lipinski definition) is 8. The number of ether oxygens (including phenoxy) is 1. The first kappa shape index (κ1) is 35.3. The molecule has 2 aromatic rings. The third kappa shape index (κ3) is 11.4. The molecule has 1 heterocycles. The van der Waals surface area contributed by atoms with E-state index in [2.05, 4.69) is 23.7 Å². The molecule has 0 saturated heterocycles. The molecule has 0 spiro atoms. The molecule has 0 aliphatic rings. The van der Waals surface area contributed by atoms with E-state index in [0.29, 0.717) is 35.5 Å². The lowest BCUT2D eigenvalue weighted by Gasteiger charge is -2.30. The van der Waals surface area contributed by atoms with Crippen LogP contribution in [0, 0.1) is 0 Å². The summed E-state index contributed by atoms with van der Waals surface area (Å²) in [5, 5.41) is 3.30. The van der Waals surface area contributed by atoms with E-state index in [1.807, 2.05) is 18.3 Å². The van der Waals surface area contributed by atoms with E-state index < -0.39 is 33.5 Å². The van der Waals surface area contributed by atoms with Crippen LogP contribution in [0.2, 0.25) is 5.02 Å². The number of hydrogen-bond donors (Lipinski definition) is 5. The van der Waals surface area contributed by atoms with Crippen molar-refractivity contribution >= 4 is 56.2 Å². The van der Waals surface area contributed by atoms with Gasteiger partial charge in [0.15, 0.2) is 0 Å². The molecule has 230 valence electrons. The summed E-state index contributed by atoms with van der Waals surface area (Å²) in [6.45, 7) is 9.19. The molecule has 41 heavy (non-hydrogen) atoms. The van der Waals surface area contributed by atoms with Gasteiger partial charge in [0.25, 0.3) is 0 Å². The summed E-state index contributed by atoms with van der Waals surface area (Å²) in [6.07, 6.45) is 4.05. The topological polar surface area (TPSA) is 173 Å². The second kappa shape index (κ2) is 17.3. The molecule has 2 atom stereocenters. The molecule has 2 rings (SSSR count). The summed E-state index contributed by atoms with van der Waals surface area (Å²) in [5.74, 6) is -0.708. The van der Waals surface area contributed by atoms with Crippen molar-refractivity contribution in [3.05, 3.63) is 35.5 Å². The van der Waals surface area contributed by atoms with Crippen molar-refractivity contribution in [2.45, 2.75) is 70.9 Å². The number of halogens is 1. The van der Waals surface area contributed by atoms with Crippen molar-refractivity contribution in [1.82, 2.24) is 15.2 Å². The third-order valence-electron chi connectivity index (χ3n) is 6.67. The lowest BCUT2D eigenvalue weighted by atomic mass is 10.1. The molecule has 15 heteroatoms. The number of benzene rings is 1. The maximum atomic E-state index is 13.4. The number of rotatable bonds is 17. The summed E-state index contributed by atoms with van der Waals surface area (Å²) < 4.78 is 16.9. The molecule has 0 bridgehead atoms. The number of nitrogens with one attached hydrogen (secondary N) is 1. The molecule has 2 unspecified atom stereocenters.